The fraction of sp³-hybridized carbons (Fsp3) is 0.353. The van der Waals surface area contributed by atoms with Crippen LogP contribution >= 0.6 is 0 Å². The van der Waals surface area contributed by atoms with Gasteiger partial charge in [-0.05, 0) is 27.1 Å². The van der Waals surface area contributed by atoms with Crippen LogP contribution < -0.4 is 10.6 Å². The van der Waals surface area contributed by atoms with Gasteiger partial charge in [-0.3, -0.25) is 4.79 Å². The van der Waals surface area contributed by atoms with E-state index in [1.165, 1.54) is 6.07 Å². The van der Waals surface area contributed by atoms with Gasteiger partial charge < -0.3 is 15.5 Å². The molecule has 1 heterocycles. The molecule has 0 spiro atoms. The van der Waals surface area contributed by atoms with Crippen molar-refractivity contribution in [3.05, 3.63) is 53.2 Å². The fourth-order valence-electron chi connectivity index (χ4n) is 2.09. The molecular formula is C17H22FN5O. The molecule has 6 nitrogen and oxygen atoms in total. The van der Waals surface area contributed by atoms with Crippen molar-refractivity contribution in [2.24, 2.45) is 0 Å². The molecule has 0 aliphatic rings. The summed E-state index contributed by atoms with van der Waals surface area (Å²) in [5, 5.41) is 5.84. The minimum Gasteiger partial charge on any atom is -0.369 e. The van der Waals surface area contributed by atoms with Gasteiger partial charge in [0.25, 0.3) is 5.91 Å². The minimum absolute atomic E-state index is 0.109. The Kier molecular flexibility index (Phi) is 6.20. The Morgan fingerprint density at radius 1 is 1.25 bits per heavy atom. The van der Waals surface area contributed by atoms with E-state index in [0.717, 1.165) is 6.54 Å². The molecule has 0 bridgehead atoms. The number of hydrogen-bond donors (Lipinski definition) is 2. The highest BCUT2D eigenvalue weighted by atomic mass is 19.1. The number of rotatable bonds is 7. The normalized spacial score (nSPS) is 10.7. The van der Waals surface area contributed by atoms with Crippen molar-refractivity contribution in [1.29, 1.82) is 0 Å². The standard InChI is InChI=1S/C17H22FN5O/c1-12-21-15(10-16(22-12)19-8-9-23(2)3)17(24)20-11-13-6-4-5-7-14(13)18/h4-7,10H,8-9,11H2,1-3H3,(H,20,24)(H,19,21,22). The summed E-state index contributed by atoms with van der Waals surface area (Å²) < 4.78 is 13.6. The predicted octanol–water partition coefficient (Wildman–Crippen LogP) is 1.83. The number of amides is 1. The molecule has 0 saturated carbocycles. The number of hydrogen-bond acceptors (Lipinski definition) is 5. The molecule has 1 aromatic carbocycles. The van der Waals surface area contributed by atoms with Crippen LogP contribution in [-0.4, -0.2) is 48.0 Å². The molecule has 1 amide bonds. The smallest absolute Gasteiger partial charge is 0.270 e. The lowest BCUT2D eigenvalue weighted by Gasteiger charge is -2.12. The quantitative estimate of drug-likeness (QED) is 0.810. The number of carbonyl (C=O) groups is 1. The highest BCUT2D eigenvalue weighted by Crippen LogP contribution is 2.09. The number of likely N-dealkylation sites (N-methyl/N-ethyl adjacent to an activating group) is 1. The first-order chi connectivity index (χ1) is 11.5. The molecule has 0 saturated heterocycles. The van der Waals surface area contributed by atoms with Crippen molar-refractivity contribution >= 4 is 11.7 Å². The molecule has 1 aromatic heterocycles. The van der Waals surface area contributed by atoms with Crippen LogP contribution in [-0.2, 0) is 6.54 Å². The van der Waals surface area contributed by atoms with E-state index in [0.29, 0.717) is 23.8 Å². The molecule has 7 heteroatoms. The zero-order valence-electron chi connectivity index (χ0n) is 14.1. The number of anilines is 1. The van der Waals surface area contributed by atoms with E-state index in [2.05, 4.69) is 20.6 Å². The second kappa shape index (κ2) is 8.35. The average molecular weight is 331 g/mol. The molecule has 0 radical (unpaired) electrons. The predicted molar refractivity (Wildman–Crippen MR) is 91.4 cm³/mol. The number of halogens is 1. The summed E-state index contributed by atoms with van der Waals surface area (Å²) in [6.07, 6.45) is 0. The van der Waals surface area contributed by atoms with Crippen molar-refractivity contribution in [2.75, 3.05) is 32.5 Å². The monoisotopic (exact) mass is 331 g/mol. The molecule has 2 aromatic rings. The van der Waals surface area contributed by atoms with E-state index in [1.54, 1.807) is 31.2 Å². The Labute approximate surface area is 141 Å². The average Bonchev–Trinajstić information content (AvgIpc) is 2.53. The lowest BCUT2D eigenvalue weighted by molar-refractivity contribution is 0.0945. The summed E-state index contributed by atoms with van der Waals surface area (Å²) in [4.78, 5) is 22.7. The van der Waals surface area contributed by atoms with E-state index in [4.69, 9.17) is 0 Å². The van der Waals surface area contributed by atoms with Gasteiger partial charge in [-0.1, -0.05) is 18.2 Å². The van der Waals surface area contributed by atoms with Gasteiger partial charge in [-0.2, -0.15) is 0 Å². The molecule has 0 aliphatic heterocycles. The Morgan fingerprint density at radius 3 is 2.71 bits per heavy atom. The topological polar surface area (TPSA) is 70.2 Å². The Bertz CT molecular complexity index is 705. The largest absolute Gasteiger partial charge is 0.369 e. The van der Waals surface area contributed by atoms with Crippen LogP contribution in [0.5, 0.6) is 0 Å². The van der Waals surface area contributed by atoms with Crippen LogP contribution in [0.2, 0.25) is 0 Å². The Hall–Kier alpha value is -2.54. The summed E-state index contributed by atoms with van der Waals surface area (Å²) in [5.74, 6) is 0.392. The van der Waals surface area contributed by atoms with Gasteiger partial charge in [-0.25, -0.2) is 14.4 Å². The van der Waals surface area contributed by atoms with Crippen LogP contribution in [0.3, 0.4) is 0 Å². The summed E-state index contributed by atoms with van der Waals surface area (Å²) >= 11 is 0. The van der Waals surface area contributed by atoms with Gasteiger partial charge in [0.15, 0.2) is 0 Å². The minimum atomic E-state index is -0.362. The van der Waals surface area contributed by atoms with Crippen molar-refractivity contribution in [2.45, 2.75) is 13.5 Å². The maximum absolute atomic E-state index is 13.6. The Morgan fingerprint density at radius 2 is 2.00 bits per heavy atom. The maximum atomic E-state index is 13.6. The van der Waals surface area contributed by atoms with Gasteiger partial charge in [0.1, 0.15) is 23.2 Å². The van der Waals surface area contributed by atoms with Gasteiger partial charge in [0.2, 0.25) is 0 Å². The fourth-order valence-corrected chi connectivity index (χ4v) is 2.09. The summed E-state index contributed by atoms with van der Waals surface area (Å²) in [7, 11) is 3.96. The summed E-state index contributed by atoms with van der Waals surface area (Å²) in [6, 6.07) is 7.93. The van der Waals surface area contributed by atoms with Crippen molar-refractivity contribution in [3.63, 3.8) is 0 Å². The zero-order chi connectivity index (χ0) is 17.5. The SMILES string of the molecule is Cc1nc(NCCN(C)C)cc(C(=O)NCc2ccccc2F)n1. The third-order valence-corrected chi connectivity index (χ3v) is 3.33. The Balaban J connectivity index is 2.00. The second-order valence-electron chi connectivity index (χ2n) is 5.69. The molecule has 0 fully saturated rings. The lowest BCUT2D eigenvalue weighted by Crippen LogP contribution is -2.25. The molecular weight excluding hydrogens is 309 g/mol. The van der Waals surface area contributed by atoms with Crippen LogP contribution in [0.4, 0.5) is 10.2 Å². The van der Waals surface area contributed by atoms with Crippen molar-refractivity contribution in [3.8, 4) is 0 Å². The lowest BCUT2D eigenvalue weighted by atomic mass is 10.2. The van der Waals surface area contributed by atoms with Crippen LogP contribution in [0.15, 0.2) is 30.3 Å². The molecule has 0 atom stereocenters. The van der Waals surface area contributed by atoms with Crippen molar-refractivity contribution in [1.82, 2.24) is 20.2 Å². The van der Waals surface area contributed by atoms with E-state index in [1.807, 2.05) is 19.0 Å². The highest BCUT2D eigenvalue weighted by molar-refractivity contribution is 5.92. The van der Waals surface area contributed by atoms with E-state index >= 15 is 0 Å². The van der Waals surface area contributed by atoms with Gasteiger partial charge in [0, 0.05) is 31.3 Å². The van der Waals surface area contributed by atoms with Crippen molar-refractivity contribution < 1.29 is 9.18 Å². The maximum Gasteiger partial charge on any atom is 0.270 e. The van der Waals surface area contributed by atoms with E-state index in [9.17, 15) is 9.18 Å². The molecule has 24 heavy (non-hydrogen) atoms. The van der Waals surface area contributed by atoms with E-state index in [-0.39, 0.29) is 24.0 Å². The van der Waals surface area contributed by atoms with Crippen LogP contribution in [0.1, 0.15) is 21.9 Å². The van der Waals surface area contributed by atoms with Crippen LogP contribution in [0.25, 0.3) is 0 Å². The summed E-state index contributed by atoms with van der Waals surface area (Å²) in [6.45, 7) is 3.39. The zero-order valence-corrected chi connectivity index (χ0v) is 14.1. The molecule has 0 unspecified atom stereocenters. The first-order valence-electron chi connectivity index (χ1n) is 7.71. The van der Waals surface area contributed by atoms with Gasteiger partial charge in [0.05, 0.1) is 0 Å². The van der Waals surface area contributed by atoms with Gasteiger partial charge >= 0.3 is 0 Å². The first-order valence-corrected chi connectivity index (χ1v) is 7.71. The third-order valence-electron chi connectivity index (χ3n) is 3.33. The van der Waals surface area contributed by atoms with E-state index < -0.39 is 0 Å². The van der Waals surface area contributed by atoms with Gasteiger partial charge in [-0.15, -0.1) is 0 Å². The number of nitrogens with zero attached hydrogens (tertiary/aromatic N) is 3. The third kappa shape index (κ3) is 5.27. The number of aryl methyl sites for hydroxylation is 1. The molecule has 128 valence electrons. The second-order valence-corrected chi connectivity index (χ2v) is 5.69. The number of carbonyl (C=O) groups excluding carboxylic acids is 1. The highest BCUT2D eigenvalue weighted by Gasteiger charge is 2.11. The molecule has 0 aliphatic carbocycles. The summed E-state index contributed by atoms with van der Waals surface area (Å²) in [5.41, 5.74) is 0.687. The molecule has 2 N–H and O–H groups in total. The molecule has 2 rings (SSSR count). The van der Waals surface area contributed by atoms with Crippen LogP contribution in [0, 0.1) is 12.7 Å². The number of aromatic nitrogens is 2. The number of nitrogens with one attached hydrogen (secondary N) is 2. The first kappa shape index (κ1) is 17.8. The number of benzene rings is 1.